The monoisotopic (exact) mass is 337 g/mol. The van der Waals surface area contributed by atoms with Crippen molar-refractivity contribution in [2.45, 2.75) is 0 Å². The van der Waals surface area contributed by atoms with Crippen molar-refractivity contribution in [3.63, 3.8) is 0 Å². The van der Waals surface area contributed by atoms with Gasteiger partial charge in [-0.05, 0) is 42.5 Å². The van der Waals surface area contributed by atoms with Gasteiger partial charge >= 0.3 is 0 Å². The lowest BCUT2D eigenvalue weighted by molar-refractivity contribution is 0.415. The molecule has 0 bridgehead atoms. The van der Waals surface area contributed by atoms with Crippen LogP contribution in [0.1, 0.15) is 0 Å². The van der Waals surface area contributed by atoms with Crippen LogP contribution in [0, 0.1) is 0 Å². The molecule has 0 N–H and O–H groups in total. The Bertz CT molecular complexity index is 1470. The Balaban J connectivity index is 1.98. The predicted octanol–water partition coefficient (Wildman–Crippen LogP) is 5.06. The quantitative estimate of drug-likeness (QED) is 0.420. The number of methoxy groups -OCH3 is 1. The third-order valence-electron chi connectivity index (χ3n) is 5.17. The van der Waals surface area contributed by atoms with E-state index in [1.54, 1.807) is 7.11 Å². The number of fused-ring (bicyclic) bond motifs is 10. The number of nitrogens with zero attached hydrogens (tertiary/aromatic N) is 3. The van der Waals surface area contributed by atoms with Crippen molar-refractivity contribution in [1.29, 1.82) is 0 Å². The molecule has 0 fully saturated rings. The number of benzene rings is 3. The van der Waals surface area contributed by atoms with Crippen LogP contribution in [-0.4, -0.2) is 20.9 Å². The molecule has 6 aromatic rings. The summed E-state index contributed by atoms with van der Waals surface area (Å²) in [6, 6.07) is 25.2. The standard InChI is InChI=1S/C22H15N3O/c1-26-15-10-11-18-14(12-15)13-21-16-6-2-4-8-19(16)25-20-9-5-3-7-17(20)23-22(25)24(18)21/h2-13H,1H3. The van der Waals surface area contributed by atoms with Crippen LogP contribution in [-0.2, 0) is 0 Å². The van der Waals surface area contributed by atoms with Crippen LogP contribution < -0.4 is 4.74 Å². The van der Waals surface area contributed by atoms with E-state index in [9.17, 15) is 0 Å². The highest BCUT2D eigenvalue weighted by Gasteiger charge is 2.16. The van der Waals surface area contributed by atoms with E-state index in [0.717, 1.165) is 39.0 Å². The van der Waals surface area contributed by atoms with E-state index in [4.69, 9.17) is 9.72 Å². The molecule has 0 aliphatic heterocycles. The SMILES string of the molecule is COc1ccc2c(c1)cc1c3ccccc3n3c4ccccc4nc3n21. The molecule has 0 atom stereocenters. The number of para-hydroxylation sites is 3. The lowest BCUT2D eigenvalue weighted by Crippen LogP contribution is -1.97. The maximum absolute atomic E-state index is 5.41. The lowest BCUT2D eigenvalue weighted by atomic mass is 10.2. The molecule has 0 radical (unpaired) electrons. The average Bonchev–Trinajstić information content (AvgIpc) is 3.26. The minimum atomic E-state index is 0.863. The Morgan fingerprint density at radius 1 is 0.731 bits per heavy atom. The van der Waals surface area contributed by atoms with Crippen molar-refractivity contribution in [3.05, 3.63) is 72.8 Å². The van der Waals surface area contributed by atoms with Gasteiger partial charge in [-0.3, -0.25) is 8.80 Å². The smallest absolute Gasteiger partial charge is 0.220 e. The topological polar surface area (TPSA) is 30.9 Å². The summed E-state index contributed by atoms with van der Waals surface area (Å²) in [4.78, 5) is 4.95. The van der Waals surface area contributed by atoms with Gasteiger partial charge in [-0.2, -0.15) is 0 Å². The summed E-state index contributed by atoms with van der Waals surface area (Å²) in [6.07, 6.45) is 0. The van der Waals surface area contributed by atoms with E-state index >= 15 is 0 Å². The highest BCUT2D eigenvalue weighted by Crippen LogP contribution is 2.32. The van der Waals surface area contributed by atoms with Gasteiger partial charge in [0.1, 0.15) is 5.75 Å². The first-order valence-corrected chi connectivity index (χ1v) is 8.62. The maximum atomic E-state index is 5.41. The Hall–Kier alpha value is -3.53. The van der Waals surface area contributed by atoms with Crippen LogP contribution in [0.4, 0.5) is 0 Å². The first-order valence-electron chi connectivity index (χ1n) is 8.62. The maximum Gasteiger partial charge on any atom is 0.220 e. The normalized spacial score (nSPS) is 12.0. The zero-order valence-electron chi connectivity index (χ0n) is 14.2. The van der Waals surface area contributed by atoms with E-state index < -0.39 is 0 Å². The van der Waals surface area contributed by atoms with E-state index in [1.807, 2.05) is 12.1 Å². The summed E-state index contributed by atoms with van der Waals surface area (Å²) < 4.78 is 9.91. The highest BCUT2D eigenvalue weighted by molar-refractivity contribution is 6.05. The molecule has 0 aliphatic carbocycles. The lowest BCUT2D eigenvalue weighted by Gasteiger charge is -2.08. The predicted molar refractivity (Wildman–Crippen MR) is 105 cm³/mol. The fraction of sp³-hybridized carbons (Fsp3) is 0.0455. The number of imidazole rings is 1. The van der Waals surface area contributed by atoms with Gasteiger partial charge in [0.25, 0.3) is 0 Å². The Kier molecular flexibility index (Phi) is 2.51. The molecule has 4 heteroatoms. The van der Waals surface area contributed by atoms with Gasteiger partial charge < -0.3 is 4.74 Å². The molecule has 26 heavy (non-hydrogen) atoms. The molecule has 0 unspecified atom stereocenters. The summed E-state index contributed by atoms with van der Waals surface area (Å²) in [5.41, 5.74) is 5.58. The fourth-order valence-corrected chi connectivity index (χ4v) is 4.02. The number of hydrogen-bond acceptors (Lipinski definition) is 2. The molecule has 3 aromatic carbocycles. The van der Waals surface area contributed by atoms with E-state index in [-0.39, 0.29) is 0 Å². The van der Waals surface area contributed by atoms with Gasteiger partial charge in [0, 0.05) is 10.8 Å². The molecule has 0 spiro atoms. The molecule has 0 aliphatic rings. The van der Waals surface area contributed by atoms with Crippen LogP contribution in [0.2, 0.25) is 0 Å². The first-order chi connectivity index (χ1) is 12.8. The molecular formula is C22H15N3O. The highest BCUT2D eigenvalue weighted by atomic mass is 16.5. The molecule has 0 saturated carbocycles. The summed E-state index contributed by atoms with van der Waals surface area (Å²) in [5, 5.41) is 2.35. The van der Waals surface area contributed by atoms with Crippen molar-refractivity contribution >= 4 is 44.1 Å². The zero-order valence-corrected chi connectivity index (χ0v) is 14.2. The first kappa shape index (κ1) is 13.7. The second-order valence-corrected chi connectivity index (χ2v) is 6.54. The third kappa shape index (κ3) is 1.61. The van der Waals surface area contributed by atoms with E-state index in [0.29, 0.717) is 0 Å². The van der Waals surface area contributed by atoms with Crippen LogP contribution in [0.25, 0.3) is 44.1 Å². The van der Waals surface area contributed by atoms with Crippen LogP contribution in [0.15, 0.2) is 72.8 Å². The minimum absolute atomic E-state index is 0.863. The molecule has 3 aromatic heterocycles. The van der Waals surface area contributed by atoms with Gasteiger partial charge in [0.05, 0.1) is 34.7 Å². The summed E-state index contributed by atoms with van der Waals surface area (Å²) in [5.74, 6) is 1.79. The second kappa shape index (κ2) is 4.76. The van der Waals surface area contributed by atoms with Gasteiger partial charge in [0.15, 0.2) is 0 Å². The Labute approximate surface area is 148 Å². The molecule has 124 valence electrons. The minimum Gasteiger partial charge on any atom is -0.497 e. The van der Waals surface area contributed by atoms with Crippen molar-refractivity contribution < 1.29 is 4.74 Å². The summed E-state index contributed by atoms with van der Waals surface area (Å²) in [7, 11) is 1.70. The van der Waals surface area contributed by atoms with Crippen molar-refractivity contribution in [2.75, 3.05) is 7.11 Å². The van der Waals surface area contributed by atoms with Crippen molar-refractivity contribution in [2.24, 2.45) is 0 Å². The third-order valence-corrected chi connectivity index (χ3v) is 5.17. The average molecular weight is 337 g/mol. The number of rotatable bonds is 1. The Morgan fingerprint density at radius 2 is 1.50 bits per heavy atom. The number of ether oxygens (including phenoxy) is 1. The van der Waals surface area contributed by atoms with Gasteiger partial charge in [-0.25, -0.2) is 4.98 Å². The van der Waals surface area contributed by atoms with Crippen LogP contribution in [0.5, 0.6) is 5.75 Å². The molecule has 0 saturated heterocycles. The molecule has 6 rings (SSSR count). The molecule has 4 nitrogen and oxygen atoms in total. The van der Waals surface area contributed by atoms with Crippen molar-refractivity contribution in [3.8, 4) is 5.75 Å². The largest absolute Gasteiger partial charge is 0.497 e. The van der Waals surface area contributed by atoms with Gasteiger partial charge in [0.2, 0.25) is 5.78 Å². The number of hydrogen-bond donors (Lipinski definition) is 0. The fourth-order valence-electron chi connectivity index (χ4n) is 4.02. The van der Waals surface area contributed by atoms with Gasteiger partial charge in [-0.1, -0.05) is 30.3 Å². The van der Waals surface area contributed by atoms with Crippen LogP contribution >= 0.6 is 0 Å². The zero-order chi connectivity index (χ0) is 17.3. The van der Waals surface area contributed by atoms with Crippen molar-refractivity contribution in [1.82, 2.24) is 13.8 Å². The molecule has 0 amide bonds. The molecule has 3 heterocycles. The Morgan fingerprint density at radius 3 is 2.38 bits per heavy atom. The summed E-state index contributed by atoms with van der Waals surface area (Å²) >= 11 is 0. The van der Waals surface area contributed by atoms with E-state index in [2.05, 4.69) is 69.5 Å². The molecular weight excluding hydrogens is 322 g/mol. The number of aromatic nitrogens is 3. The van der Waals surface area contributed by atoms with E-state index in [1.165, 1.54) is 10.9 Å². The second-order valence-electron chi connectivity index (χ2n) is 6.54. The van der Waals surface area contributed by atoms with Crippen LogP contribution in [0.3, 0.4) is 0 Å². The van der Waals surface area contributed by atoms with Gasteiger partial charge in [-0.15, -0.1) is 0 Å². The summed E-state index contributed by atoms with van der Waals surface area (Å²) in [6.45, 7) is 0.